The molecular formula is C19H21ClN2O3S. The normalized spacial score (nSPS) is 17.2. The van der Waals surface area contributed by atoms with Gasteiger partial charge < -0.3 is 15.0 Å². The molecule has 1 saturated heterocycles. The van der Waals surface area contributed by atoms with Gasteiger partial charge in [0, 0.05) is 30.0 Å². The molecular weight excluding hydrogens is 372 g/mol. The van der Waals surface area contributed by atoms with Crippen LogP contribution in [0.5, 0.6) is 5.75 Å². The lowest BCUT2D eigenvalue weighted by molar-refractivity contribution is -0.139. The molecule has 5 nitrogen and oxygen atoms in total. The SMILES string of the molecule is COc1ccccc1CN1CC(C(=O)NCc2ccc(Cl)s2)CCC1=O. The number of piperidine rings is 1. The van der Waals surface area contributed by atoms with Crippen molar-refractivity contribution in [3.05, 3.63) is 51.2 Å². The molecule has 2 heterocycles. The highest BCUT2D eigenvalue weighted by molar-refractivity contribution is 7.16. The third-order valence-corrected chi connectivity index (χ3v) is 5.72. The van der Waals surface area contributed by atoms with E-state index in [4.69, 9.17) is 16.3 Å². The number of likely N-dealkylation sites (tertiary alicyclic amines) is 1. The van der Waals surface area contributed by atoms with E-state index in [1.807, 2.05) is 36.4 Å². The Morgan fingerprint density at radius 2 is 2.15 bits per heavy atom. The number of rotatable bonds is 6. The van der Waals surface area contributed by atoms with E-state index in [0.717, 1.165) is 16.2 Å². The van der Waals surface area contributed by atoms with E-state index in [1.165, 1.54) is 11.3 Å². The summed E-state index contributed by atoms with van der Waals surface area (Å²) in [6.45, 7) is 1.34. The molecule has 1 aromatic carbocycles. The summed E-state index contributed by atoms with van der Waals surface area (Å²) in [5, 5.41) is 2.95. The Morgan fingerprint density at radius 3 is 2.88 bits per heavy atom. The fourth-order valence-electron chi connectivity index (χ4n) is 3.09. The van der Waals surface area contributed by atoms with Crippen molar-refractivity contribution in [1.29, 1.82) is 0 Å². The van der Waals surface area contributed by atoms with Crippen molar-refractivity contribution >= 4 is 34.8 Å². The van der Waals surface area contributed by atoms with Crippen molar-refractivity contribution in [2.24, 2.45) is 5.92 Å². The largest absolute Gasteiger partial charge is 0.496 e. The van der Waals surface area contributed by atoms with Crippen LogP contribution in [0.2, 0.25) is 4.34 Å². The van der Waals surface area contributed by atoms with E-state index in [2.05, 4.69) is 5.32 Å². The molecule has 1 aliphatic rings. The number of benzene rings is 1. The van der Waals surface area contributed by atoms with Gasteiger partial charge in [0.2, 0.25) is 11.8 Å². The number of para-hydroxylation sites is 1. The van der Waals surface area contributed by atoms with Gasteiger partial charge in [-0.1, -0.05) is 29.8 Å². The Bertz CT molecular complexity index is 793. The van der Waals surface area contributed by atoms with Crippen molar-refractivity contribution in [2.75, 3.05) is 13.7 Å². The molecule has 138 valence electrons. The number of nitrogens with one attached hydrogen (secondary N) is 1. The smallest absolute Gasteiger partial charge is 0.225 e. The third-order valence-electron chi connectivity index (χ3n) is 4.49. The third kappa shape index (κ3) is 4.56. The maximum atomic E-state index is 12.5. The lowest BCUT2D eigenvalue weighted by Crippen LogP contribution is -2.45. The molecule has 0 bridgehead atoms. The summed E-state index contributed by atoms with van der Waals surface area (Å²) in [7, 11) is 1.62. The van der Waals surface area contributed by atoms with Gasteiger partial charge in [-0.15, -0.1) is 11.3 Å². The van der Waals surface area contributed by atoms with Gasteiger partial charge in [0.15, 0.2) is 0 Å². The van der Waals surface area contributed by atoms with Gasteiger partial charge in [-0.3, -0.25) is 9.59 Å². The van der Waals surface area contributed by atoms with E-state index < -0.39 is 0 Å². The number of methoxy groups -OCH3 is 1. The molecule has 3 rings (SSSR count). The van der Waals surface area contributed by atoms with E-state index in [1.54, 1.807) is 12.0 Å². The molecule has 2 aromatic rings. The predicted octanol–water partition coefficient (Wildman–Crippen LogP) is 3.47. The molecule has 1 unspecified atom stereocenters. The summed E-state index contributed by atoms with van der Waals surface area (Å²) in [6, 6.07) is 11.4. The molecule has 26 heavy (non-hydrogen) atoms. The number of amides is 2. The van der Waals surface area contributed by atoms with Crippen LogP contribution >= 0.6 is 22.9 Å². The standard InChI is InChI=1S/C19H21ClN2O3S/c1-25-16-5-3-2-4-13(16)11-22-12-14(6-9-18(22)23)19(24)21-10-15-7-8-17(20)26-15/h2-5,7-8,14H,6,9-12H2,1H3,(H,21,24). The van der Waals surface area contributed by atoms with Crippen molar-refractivity contribution in [3.63, 3.8) is 0 Å². The fourth-order valence-corrected chi connectivity index (χ4v) is 4.11. The number of thiophene rings is 1. The highest BCUT2D eigenvalue weighted by Gasteiger charge is 2.30. The summed E-state index contributed by atoms with van der Waals surface area (Å²) < 4.78 is 6.07. The Balaban J connectivity index is 1.60. The van der Waals surface area contributed by atoms with Crippen molar-refractivity contribution in [1.82, 2.24) is 10.2 Å². The zero-order valence-corrected chi connectivity index (χ0v) is 16.1. The first-order valence-corrected chi connectivity index (χ1v) is 9.68. The van der Waals surface area contributed by atoms with Gasteiger partial charge in [-0.05, 0) is 24.6 Å². The minimum absolute atomic E-state index is 0.0213. The van der Waals surface area contributed by atoms with E-state index in [0.29, 0.717) is 36.8 Å². The molecule has 1 aromatic heterocycles. The minimum atomic E-state index is -0.196. The van der Waals surface area contributed by atoms with E-state index >= 15 is 0 Å². The highest BCUT2D eigenvalue weighted by Crippen LogP contribution is 2.25. The van der Waals surface area contributed by atoms with Gasteiger partial charge >= 0.3 is 0 Å². The van der Waals surface area contributed by atoms with Crippen LogP contribution in [0.15, 0.2) is 36.4 Å². The predicted molar refractivity (Wildman–Crippen MR) is 102 cm³/mol. The van der Waals surface area contributed by atoms with Crippen LogP contribution < -0.4 is 10.1 Å². The van der Waals surface area contributed by atoms with Gasteiger partial charge in [0.05, 0.1) is 23.9 Å². The average Bonchev–Trinajstić information content (AvgIpc) is 3.07. The summed E-state index contributed by atoms with van der Waals surface area (Å²) in [4.78, 5) is 27.6. The van der Waals surface area contributed by atoms with Crippen molar-refractivity contribution in [3.8, 4) is 5.75 Å². The number of hydrogen-bond acceptors (Lipinski definition) is 4. The monoisotopic (exact) mass is 392 g/mol. The highest BCUT2D eigenvalue weighted by atomic mass is 35.5. The number of hydrogen-bond donors (Lipinski definition) is 1. The van der Waals surface area contributed by atoms with Crippen LogP contribution in [0.1, 0.15) is 23.3 Å². The molecule has 1 aliphatic heterocycles. The Morgan fingerprint density at radius 1 is 1.35 bits per heavy atom. The molecule has 0 radical (unpaired) electrons. The number of carbonyl (C=O) groups is 2. The first kappa shape index (κ1) is 18.7. The van der Waals surface area contributed by atoms with Gasteiger partial charge in [-0.25, -0.2) is 0 Å². The Hall–Kier alpha value is -2.05. The van der Waals surface area contributed by atoms with Gasteiger partial charge in [0.1, 0.15) is 5.75 Å². The Labute approximate surface area is 161 Å². The molecule has 0 saturated carbocycles. The number of halogens is 1. The molecule has 1 atom stereocenters. The molecule has 2 amide bonds. The zero-order valence-electron chi connectivity index (χ0n) is 14.5. The number of ether oxygens (including phenoxy) is 1. The molecule has 1 N–H and O–H groups in total. The number of carbonyl (C=O) groups excluding carboxylic acids is 2. The van der Waals surface area contributed by atoms with Crippen LogP contribution in [0.4, 0.5) is 0 Å². The second-order valence-electron chi connectivity index (χ2n) is 6.25. The van der Waals surface area contributed by atoms with E-state index in [-0.39, 0.29) is 17.7 Å². The van der Waals surface area contributed by atoms with E-state index in [9.17, 15) is 9.59 Å². The zero-order chi connectivity index (χ0) is 18.5. The summed E-state index contributed by atoms with van der Waals surface area (Å²) in [6.07, 6.45) is 0.969. The maximum Gasteiger partial charge on any atom is 0.225 e. The molecule has 7 heteroatoms. The van der Waals surface area contributed by atoms with Crippen molar-refractivity contribution < 1.29 is 14.3 Å². The quantitative estimate of drug-likeness (QED) is 0.818. The fraction of sp³-hybridized carbons (Fsp3) is 0.368. The first-order chi connectivity index (χ1) is 12.6. The number of nitrogens with zero attached hydrogens (tertiary/aromatic N) is 1. The summed E-state index contributed by atoms with van der Waals surface area (Å²) in [5.74, 6) is 0.608. The van der Waals surface area contributed by atoms with Crippen LogP contribution in [0, 0.1) is 5.92 Å². The second-order valence-corrected chi connectivity index (χ2v) is 8.04. The van der Waals surface area contributed by atoms with Crippen LogP contribution in [-0.4, -0.2) is 30.4 Å². The van der Waals surface area contributed by atoms with Crippen LogP contribution in [0.25, 0.3) is 0 Å². The first-order valence-electron chi connectivity index (χ1n) is 8.48. The summed E-state index contributed by atoms with van der Waals surface area (Å²) in [5.41, 5.74) is 0.942. The Kier molecular flexibility index (Phi) is 6.16. The summed E-state index contributed by atoms with van der Waals surface area (Å²) >= 11 is 7.37. The lowest BCUT2D eigenvalue weighted by Gasteiger charge is -2.32. The van der Waals surface area contributed by atoms with Crippen LogP contribution in [-0.2, 0) is 22.7 Å². The van der Waals surface area contributed by atoms with Crippen LogP contribution in [0.3, 0.4) is 0 Å². The molecule has 0 spiro atoms. The van der Waals surface area contributed by atoms with Gasteiger partial charge in [-0.2, -0.15) is 0 Å². The van der Waals surface area contributed by atoms with Crippen molar-refractivity contribution in [2.45, 2.75) is 25.9 Å². The topological polar surface area (TPSA) is 58.6 Å². The van der Waals surface area contributed by atoms with Gasteiger partial charge in [0.25, 0.3) is 0 Å². The average molecular weight is 393 g/mol. The molecule has 0 aliphatic carbocycles. The maximum absolute atomic E-state index is 12.5. The lowest BCUT2D eigenvalue weighted by atomic mass is 9.96. The second kappa shape index (κ2) is 8.56. The molecule has 1 fully saturated rings. The minimum Gasteiger partial charge on any atom is -0.496 e.